The third-order valence-electron chi connectivity index (χ3n) is 5.27. The van der Waals surface area contributed by atoms with Crippen molar-refractivity contribution in [2.45, 2.75) is 12.1 Å². The van der Waals surface area contributed by atoms with Gasteiger partial charge in [-0.05, 0) is 18.2 Å². The van der Waals surface area contributed by atoms with Crippen molar-refractivity contribution in [2.24, 2.45) is 14.1 Å². The summed E-state index contributed by atoms with van der Waals surface area (Å²) in [5.41, 5.74) is -2.95. The number of hydrogen-bond acceptors (Lipinski definition) is 6. The summed E-state index contributed by atoms with van der Waals surface area (Å²) in [6, 6.07) is 4.35. The highest BCUT2D eigenvalue weighted by Gasteiger charge is 2.46. The van der Waals surface area contributed by atoms with Crippen molar-refractivity contribution in [3.8, 4) is 23.5 Å². The second-order valence-electron chi connectivity index (χ2n) is 7.40. The maximum Gasteiger partial charge on any atom is 0.330 e. The lowest BCUT2D eigenvalue weighted by atomic mass is 10.00. The van der Waals surface area contributed by atoms with Crippen LogP contribution >= 0.6 is 0 Å². The topological polar surface area (TPSA) is 137 Å². The molecule has 11 heteroatoms. The summed E-state index contributed by atoms with van der Waals surface area (Å²) in [4.78, 5) is 48.9. The molecule has 3 heterocycles. The SMILES string of the molecule is COc1ccc2cn(C[C@@]3(C#Cc4cn(C)c(=O)n(C)c4=O)NC(=O)NC3=O)c(O)c2c1. The number of fused-ring (bicyclic) bond motifs is 1. The quantitative estimate of drug-likeness (QED) is 0.369. The number of benzene rings is 1. The van der Waals surface area contributed by atoms with Crippen LogP contribution in [0.2, 0.25) is 0 Å². The summed E-state index contributed by atoms with van der Waals surface area (Å²) in [5.74, 6) is 4.95. The van der Waals surface area contributed by atoms with E-state index in [0.29, 0.717) is 16.5 Å². The monoisotopic (exact) mass is 437 g/mol. The number of imide groups is 1. The minimum Gasteiger partial charge on any atom is -0.497 e. The molecule has 0 radical (unpaired) electrons. The molecule has 0 saturated carbocycles. The molecule has 1 fully saturated rings. The molecule has 1 aliphatic heterocycles. The van der Waals surface area contributed by atoms with Crippen LogP contribution in [0.5, 0.6) is 11.6 Å². The number of amides is 3. The van der Waals surface area contributed by atoms with E-state index in [4.69, 9.17) is 4.74 Å². The number of aryl methyl sites for hydroxylation is 1. The van der Waals surface area contributed by atoms with Crippen LogP contribution in [-0.4, -0.2) is 43.4 Å². The van der Waals surface area contributed by atoms with Crippen LogP contribution < -0.4 is 26.6 Å². The highest BCUT2D eigenvalue weighted by molar-refractivity contribution is 6.09. The Balaban J connectivity index is 1.82. The van der Waals surface area contributed by atoms with Gasteiger partial charge in [0.25, 0.3) is 11.5 Å². The Morgan fingerprint density at radius 3 is 2.56 bits per heavy atom. The van der Waals surface area contributed by atoms with Gasteiger partial charge in [0.05, 0.1) is 13.7 Å². The lowest BCUT2D eigenvalue weighted by Crippen LogP contribution is -2.49. The molecular formula is C21H19N5O6. The molecule has 164 valence electrons. The zero-order valence-electron chi connectivity index (χ0n) is 17.4. The molecule has 32 heavy (non-hydrogen) atoms. The fourth-order valence-electron chi connectivity index (χ4n) is 3.53. The first-order valence-electron chi connectivity index (χ1n) is 9.44. The molecule has 3 amide bonds. The summed E-state index contributed by atoms with van der Waals surface area (Å²) < 4.78 is 8.63. The Kier molecular flexibility index (Phi) is 4.78. The van der Waals surface area contributed by atoms with E-state index < -0.39 is 28.7 Å². The van der Waals surface area contributed by atoms with Crippen LogP contribution in [0.3, 0.4) is 0 Å². The number of nitrogens with zero attached hydrogens (tertiary/aromatic N) is 3. The molecule has 0 aliphatic carbocycles. The Bertz CT molecular complexity index is 1470. The van der Waals surface area contributed by atoms with Gasteiger partial charge >= 0.3 is 11.7 Å². The molecule has 3 aromatic rings. The van der Waals surface area contributed by atoms with Crippen LogP contribution in [-0.2, 0) is 25.4 Å². The van der Waals surface area contributed by atoms with Crippen LogP contribution in [0.25, 0.3) is 10.8 Å². The van der Waals surface area contributed by atoms with Crippen molar-refractivity contribution >= 4 is 22.7 Å². The van der Waals surface area contributed by atoms with Crippen molar-refractivity contribution in [1.82, 2.24) is 24.3 Å². The molecule has 1 atom stereocenters. The highest BCUT2D eigenvalue weighted by Crippen LogP contribution is 2.31. The standard InChI is InChI=1S/C21H19N5O6/c1-24-9-13(16(27)25(2)20(24)31)6-7-21(18(29)22-19(30)23-21)11-26-10-12-4-5-14(32-3)8-15(12)17(26)28/h4-5,8-10,28H,11H2,1-3H3,(H2,22,23,29,30)/t21-/m1/s1. The van der Waals surface area contributed by atoms with E-state index in [0.717, 1.165) is 4.57 Å². The highest BCUT2D eigenvalue weighted by atomic mass is 16.5. The third-order valence-corrected chi connectivity index (χ3v) is 5.27. The maximum atomic E-state index is 12.7. The fraction of sp³-hybridized carbons (Fsp3) is 0.238. The second kappa shape index (κ2) is 7.35. The lowest BCUT2D eigenvalue weighted by Gasteiger charge is -2.20. The van der Waals surface area contributed by atoms with E-state index in [2.05, 4.69) is 22.5 Å². The first-order chi connectivity index (χ1) is 15.1. The van der Waals surface area contributed by atoms with E-state index in [-0.39, 0.29) is 18.0 Å². The van der Waals surface area contributed by atoms with Gasteiger partial charge < -0.3 is 24.3 Å². The van der Waals surface area contributed by atoms with Crippen molar-refractivity contribution < 1.29 is 19.4 Å². The smallest absolute Gasteiger partial charge is 0.330 e. The predicted molar refractivity (Wildman–Crippen MR) is 113 cm³/mol. The number of carbonyl (C=O) groups excluding carboxylic acids is 2. The minimum absolute atomic E-state index is 0.0328. The van der Waals surface area contributed by atoms with Crippen molar-refractivity contribution in [1.29, 1.82) is 0 Å². The average molecular weight is 437 g/mol. The van der Waals surface area contributed by atoms with Gasteiger partial charge in [-0.3, -0.25) is 19.5 Å². The van der Waals surface area contributed by atoms with Gasteiger partial charge in [0.15, 0.2) is 5.88 Å². The zero-order valence-corrected chi connectivity index (χ0v) is 17.4. The first-order valence-corrected chi connectivity index (χ1v) is 9.44. The van der Waals surface area contributed by atoms with Crippen LogP contribution in [0.15, 0.2) is 40.2 Å². The van der Waals surface area contributed by atoms with Crippen molar-refractivity contribution in [2.75, 3.05) is 7.11 Å². The van der Waals surface area contributed by atoms with Crippen LogP contribution in [0, 0.1) is 11.8 Å². The Hall–Kier alpha value is -4.46. The van der Waals surface area contributed by atoms with E-state index in [1.165, 1.54) is 36.5 Å². The largest absolute Gasteiger partial charge is 0.497 e. The summed E-state index contributed by atoms with van der Waals surface area (Å²) in [6.45, 7) is -0.230. The van der Waals surface area contributed by atoms with E-state index in [1.807, 2.05) is 0 Å². The van der Waals surface area contributed by atoms with Gasteiger partial charge in [-0.25, -0.2) is 9.59 Å². The fourth-order valence-corrected chi connectivity index (χ4v) is 3.53. The third kappa shape index (κ3) is 3.27. The van der Waals surface area contributed by atoms with E-state index in [9.17, 15) is 24.3 Å². The van der Waals surface area contributed by atoms with Crippen molar-refractivity contribution in [3.05, 3.63) is 57.0 Å². The molecule has 4 rings (SSSR count). The first kappa shape index (κ1) is 20.8. The Labute approximate surface area is 180 Å². The zero-order chi connectivity index (χ0) is 23.2. The van der Waals surface area contributed by atoms with Crippen LogP contribution in [0.1, 0.15) is 5.56 Å². The minimum atomic E-state index is -1.76. The van der Waals surface area contributed by atoms with Crippen molar-refractivity contribution in [3.63, 3.8) is 0 Å². The Morgan fingerprint density at radius 1 is 1.16 bits per heavy atom. The van der Waals surface area contributed by atoms with Gasteiger partial charge in [-0.2, -0.15) is 0 Å². The molecule has 0 unspecified atom stereocenters. The number of aromatic nitrogens is 3. The van der Waals surface area contributed by atoms with Gasteiger partial charge in [0.1, 0.15) is 11.3 Å². The molecule has 1 aromatic carbocycles. The molecule has 0 bridgehead atoms. The number of carbonyl (C=O) groups is 2. The van der Waals surface area contributed by atoms with E-state index in [1.54, 1.807) is 24.4 Å². The summed E-state index contributed by atoms with van der Waals surface area (Å²) in [6.07, 6.45) is 2.87. The number of nitrogens with one attached hydrogen (secondary N) is 2. The number of aromatic hydroxyl groups is 1. The molecule has 1 saturated heterocycles. The molecule has 0 spiro atoms. The number of ether oxygens (including phenoxy) is 1. The van der Waals surface area contributed by atoms with Gasteiger partial charge in [-0.15, -0.1) is 0 Å². The lowest BCUT2D eigenvalue weighted by molar-refractivity contribution is -0.122. The Morgan fingerprint density at radius 2 is 1.91 bits per heavy atom. The maximum absolute atomic E-state index is 12.7. The average Bonchev–Trinajstić information content (AvgIpc) is 3.22. The number of hydrogen-bond donors (Lipinski definition) is 3. The second-order valence-corrected chi connectivity index (χ2v) is 7.40. The van der Waals surface area contributed by atoms with Gasteiger partial charge in [-0.1, -0.05) is 11.8 Å². The van der Waals surface area contributed by atoms with Gasteiger partial charge in [0.2, 0.25) is 5.54 Å². The molecule has 2 aromatic heterocycles. The van der Waals surface area contributed by atoms with E-state index >= 15 is 0 Å². The number of urea groups is 1. The summed E-state index contributed by atoms with van der Waals surface area (Å²) in [5, 5.41) is 16.5. The summed E-state index contributed by atoms with van der Waals surface area (Å²) >= 11 is 0. The molecule has 1 aliphatic rings. The van der Waals surface area contributed by atoms with Gasteiger partial charge in [0, 0.05) is 37.3 Å². The number of methoxy groups -OCH3 is 1. The normalized spacial score (nSPS) is 17.6. The van der Waals surface area contributed by atoms with Crippen LogP contribution in [0.4, 0.5) is 4.79 Å². The molecule has 11 nitrogen and oxygen atoms in total. The predicted octanol–water partition coefficient (Wildman–Crippen LogP) is -0.617. The molecule has 3 N–H and O–H groups in total. The molecular weight excluding hydrogens is 418 g/mol. The summed E-state index contributed by atoms with van der Waals surface area (Å²) in [7, 11) is 4.28. The number of rotatable bonds is 3.